The van der Waals surface area contributed by atoms with Gasteiger partial charge in [-0.05, 0) is 44.2 Å². The van der Waals surface area contributed by atoms with Gasteiger partial charge in [-0.2, -0.15) is 0 Å². The van der Waals surface area contributed by atoms with Gasteiger partial charge < -0.3 is 5.32 Å². The molecule has 0 aliphatic heterocycles. The van der Waals surface area contributed by atoms with E-state index in [0.29, 0.717) is 17.2 Å². The van der Waals surface area contributed by atoms with Gasteiger partial charge in [0.1, 0.15) is 16.5 Å². The van der Waals surface area contributed by atoms with Crippen molar-refractivity contribution in [3.63, 3.8) is 0 Å². The number of rotatable bonds is 7. The maximum atomic E-state index is 12.2. The molecule has 0 fully saturated rings. The number of sulfonamides is 1. The van der Waals surface area contributed by atoms with Crippen molar-refractivity contribution < 1.29 is 13.3 Å². The predicted octanol–water partition coefficient (Wildman–Crippen LogP) is 2.82. The van der Waals surface area contributed by atoms with Crippen molar-refractivity contribution in [1.82, 2.24) is 19.8 Å². The topological polar surface area (TPSA) is 106 Å². The van der Waals surface area contributed by atoms with Crippen LogP contribution < -0.4 is 10.2 Å². The first-order valence-corrected chi connectivity index (χ1v) is 9.72. The number of anilines is 2. The van der Waals surface area contributed by atoms with E-state index in [1.807, 2.05) is 36.1 Å². The number of nitrogens with zero attached hydrogens (tertiary/aromatic N) is 3. The van der Waals surface area contributed by atoms with Crippen LogP contribution in [-0.4, -0.2) is 30.0 Å². The summed E-state index contributed by atoms with van der Waals surface area (Å²) in [6.07, 6.45) is 4.48. The van der Waals surface area contributed by atoms with Gasteiger partial charge in [0.2, 0.25) is 0 Å². The number of nitrogens with one attached hydrogen (secondary N) is 2. The van der Waals surface area contributed by atoms with Crippen LogP contribution in [0, 0.1) is 6.92 Å². The van der Waals surface area contributed by atoms with E-state index in [4.69, 9.17) is 4.84 Å². The molecule has 0 saturated heterocycles. The lowest BCUT2D eigenvalue weighted by Gasteiger charge is -2.08. The normalized spacial score (nSPS) is 11.3. The summed E-state index contributed by atoms with van der Waals surface area (Å²) in [6, 6.07) is 10.8. The van der Waals surface area contributed by atoms with Crippen molar-refractivity contribution in [2.45, 2.75) is 18.7 Å². The largest absolute Gasteiger partial charge is 0.325 e. The molecule has 0 amide bonds. The van der Waals surface area contributed by atoms with Crippen LogP contribution in [0.15, 0.2) is 59.9 Å². The zero-order valence-corrected chi connectivity index (χ0v) is 15.7. The molecule has 0 atom stereocenters. The minimum Gasteiger partial charge on any atom is -0.325 e. The molecule has 8 nitrogen and oxygen atoms in total. The summed E-state index contributed by atoms with van der Waals surface area (Å²) < 4.78 is 24.3. The Morgan fingerprint density at radius 3 is 2.59 bits per heavy atom. The zero-order valence-electron chi connectivity index (χ0n) is 14.9. The second-order valence-corrected chi connectivity index (χ2v) is 7.30. The fourth-order valence-electron chi connectivity index (χ4n) is 2.29. The average molecular weight is 385 g/mol. The van der Waals surface area contributed by atoms with E-state index in [-0.39, 0.29) is 11.5 Å². The summed E-state index contributed by atoms with van der Waals surface area (Å²) in [5, 5.41) is 3.12. The van der Waals surface area contributed by atoms with E-state index in [9.17, 15) is 8.42 Å². The van der Waals surface area contributed by atoms with Gasteiger partial charge in [-0.25, -0.2) is 18.4 Å². The first kappa shape index (κ1) is 18.9. The van der Waals surface area contributed by atoms with Gasteiger partial charge in [0.15, 0.2) is 0 Å². The smallest absolute Gasteiger partial charge is 0.264 e. The van der Waals surface area contributed by atoms with E-state index in [1.165, 1.54) is 12.3 Å². The van der Waals surface area contributed by atoms with E-state index >= 15 is 0 Å². The molecule has 0 aliphatic rings. The summed E-state index contributed by atoms with van der Waals surface area (Å²) in [6.45, 7) is 3.82. The molecule has 0 aromatic carbocycles. The van der Waals surface area contributed by atoms with Crippen LogP contribution in [0.4, 0.5) is 11.6 Å². The van der Waals surface area contributed by atoms with E-state index in [1.54, 1.807) is 25.4 Å². The number of aryl methyl sites for hydroxylation is 1. The average Bonchev–Trinajstić information content (AvgIpc) is 2.67. The highest BCUT2D eigenvalue weighted by Crippen LogP contribution is 2.22. The van der Waals surface area contributed by atoms with E-state index in [0.717, 1.165) is 11.3 Å². The molecule has 0 saturated carbocycles. The predicted molar refractivity (Wildman–Crippen MR) is 102 cm³/mol. The molecule has 140 valence electrons. The Morgan fingerprint density at radius 2 is 1.89 bits per heavy atom. The van der Waals surface area contributed by atoms with Crippen molar-refractivity contribution in [3.8, 4) is 11.1 Å². The molecule has 0 spiro atoms. The highest BCUT2D eigenvalue weighted by molar-refractivity contribution is 7.89. The van der Waals surface area contributed by atoms with E-state index < -0.39 is 10.0 Å². The fraction of sp³-hybridized carbons (Fsp3) is 0.167. The molecule has 0 aliphatic carbocycles. The van der Waals surface area contributed by atoms with Gasteiger partial charge in [-0.1, -0.05) is 11.0 Å². The Hall–Kier alpha value is -2.88. The summed E-state index contributed by atoms with van der Waals surface area (Å²) in [5.41, 5.74) is 2.27. The minimum atomic E-state index is -3.78. The van der Waals surface area contributed by atoms with Crippen LogP contribution >= 0.6 is 0 Å². The maximum absolute atomic E-state index is 12.2. The SMILES string of the molecule is CCONS(=O)(=O)c1cncc(-c2ccc(Nc3cccc(C)n3)nc2)c1. The first-order valence-electron chi connectivity index (χ1n) is 8.23. The molecule has 27 heavy (non-hydrogen) atoms. The summed E-state index contributed by atoms with van der Waals surface area (Å²) in [4.78, 5) is 19.6. The van der Waals surface area contributed by atoms with Gasteiger partial charge >= 0.3 is 0 Å². The lowest BCUT2D eigenvalue weighted by atomic mass is 10.1. The molecule has 2 N–H and O–H groups in total. The van der Waals surface area contributed by atoms with Gasteiger partial charge in [-0.3, -0.25) is 9.82 Å². The molecule has 9 heteroatoms. The van der Waals surface area contributed by atoms with Crippen LogP contribution in [0.2, 0.25) is 0 Å². The van der Waals surface area contributed by atoms with Crippen molar-refractivity contribution in [2.75, 3.05) is 11.9 Å². The molecule has 3 heterocycles. The third kappa shape index (κ3) is 4.85. The summed E-state index contributed by atoms with van der Waals surface area (Å²) in [5.74, 6) is 1.33. The molecular weight excluding hydrogens is 366 g/mol. The lowest BCUT2D eigenvalue weighted by molar-refractivity contribution is 0.105. The van der Waals surface area contributed by atoms with E-state index in [2.05, 4.69) is 20.3 Å². The molecule has 3 rings (SSSR count). The highest BCUT2D eigenvalue weighted by Gasteiger charge is 2.15. The standard InChI is InChI=1S/C18H19N5O3S/c1-3-26-23-27(24,25)16-9-15(10-19-12-16)14-7-8-17(20-11-14)22-18-6-4-5-13(2)21-18/h4-12,23H,3H2,1-2H3,(H,20,21,22). The monoisotopic (exact) mass is 385 g/mol. The second kappa shape index (κ2) is 8.21. The third-order valence-corrected chi connectivity index (χ3v) is 4.76. The van der Waals surface area contributed by atoms with Crippen LogP contribution in [-0.2, 0) is 14.9 Å². The zero-order chi connectivity index (χ0) is 19.3. The third-order valence-electron chi connectivity index (χ3n) is 3.58. The van der Waals surface area contributed by atoms with Crippen molar-refractivity contribution in [3.05, 3.63) is 60.7 Å². The number of hydrogen-bond donors (Lipinski definition) is 2. The second-order valence-electron chi connectivity index (χ2n) is 5.65. The number of hydrogen-bond acceptors (Lipinski definition) is 7. The van der Waals surface area contributed by atoms with Crippen molar-refractivity contribution >= 4 is 21.7 Å². The molecule has 3 aromatic rings. The number of aromatic nitrogens is 3. The first-order chi connectivity index (χ1) is 13.0. The molecule has 3 aromatic heterocycles. The Labute approximate surface area is 157 Å². The summed E-state index contributed by atoms with van der Waals surface area (Å²) >= 11 is 0. The van der Waals surface area contributed by atoms with Crippen molar-refractivity contribution in [1.29, 1.82) is 0 Å². The Morgan fingerprint density at radius 1 is 1.04 bits per heavy atom. The fourth-order valence-corrected chi connectivity index (χ4v) is 3.14. The molecule has 0 radical (unpaired) electrons. The summed E-state index contributed by atoms with van der Waals surface area (Å²) in [7, 11) is -3.78. The van der Waals surface area contributed by atoms with Crippen LogP contribution in [0.1, 0.15) is 12.6 Å². The van der Waals surface area contributed by atoms with Gasteiger partial charge in [0.25, 0.3) is 10.0 Å². The highest BCUT2D eigenvalue weighted by atomic mass is 32.2. The van der Waals surface area contributed by atoms with Crippen LogP contribution in [0.3, 0.4) is 0 Å². The van der Waals surface area contributed by atoms with Gasteiger partial charge in [0.05, 0.1) is 6.61 Å². The molecule has 0 unspecified atom stereocenters. The van der Waals surface area contributed by atoms with Gasteiger partial charge in [0, 0.05) is 35.4 Å². The Balaban J connectivity index is 1.80. The van der Waals surface area contributed by atoms with Crippen molar-refractivity contribution in [2.24, 2.45) is 0 Å². The quantitative estimate of drug-likeness (QED) is 0.602. The minimum absolute atomic E-state index is 0.0135. The maximum Gasteiger partial charge on any atom is 0.264 e. The Kier molecular flexibility index (Phi) is 5.75. The van der Waals surface area contributed by atoms with Crippen LogP contribution in [0.5, 0.6) is 0 Å². The Bertz CT molecular complexity index is 1020. The molecular formula is C18H19N5O3S. The van der Waals surface area contributed by atoms with Gasteiger partial charge in [-0.15, -0.1) is 0 Å². The number of pyridine rings is 3. The molecule has 0 bridgehead atoms. The lowest BCUT2D eigenvalue weighted by Crippen LogP contribution is -2.24. The van der Waals surface area contributed by atoms with Crippen LogP contribution in [0.25, 0.3) is 11.1 Å².